The number of hydrogen-bond donors (Lipinski definition) is 1. The van der Waals surface area contributed by atoms with E-state index < -0.39 is 0 Å². The zero-order chi connectivity index (χ0) is 16.1. The minimum atomic E-state index is 0.318. The van der Waals surface area contributed by atoms with Crippen molar-refractivity contribution in [2.45, 2.75) is 38.3 Å². The summed E-state index contributed by atoms with van der Waals surface area (Å²) in [5.74, 6) is 0. The number of nitrogens with one attached hydrogen (secondary N) is 1. The standard InChI is InChI=1S/C18H27N3OS/c1-20(18(23)19-13-16-8-6-12-22-16)14-15-7-2-3-9-17(15)21-10-4-5-11-21/h2-3,7,9,16H,4-6,8,10-14H2,1H3,(H,19,23)/t16-/m0/s1. The van der Waals surface area contributed by atoms with Gasteiger partial charge in [0.25, 0.3) is 0 Å². The van der Waals surface area contributed by atoms with Crippen LogP contribution >= 0.6 is 12.2 Å². The molecule has 2 aliphatic rings. The Kier molecular flexibility index (Phi) is 5.73. The summed E-state index contributed by atoms with van der Waals surface area (Å²) in [5, 5.41) is 4.15. The number of rotatable bonds is 5. The predicted molar refractivity (Wildman–Crippen MR) is 98.9 cm³/mol. The van der Waals surface area contributed by atoms with Crippen molar-refractivity contribution in [3.05, 3.63) is 29.8 Å². The Hall–Kier alpha value is -1.33. The number of nitrogens with zero attached hydrogens (tertiary/aromatic N) is 2. The molecule has 1 aromatic carbocycles. The van der Waals surface area contributed by atoms with Gasteiger partial charge in [0.2, 0.25) is 0 Å². The minimum absolute atomic E-state index is 0.318. The monoisotopic (exact) mass is 333 g/mol. The van der Waals surface area contributed by atoms with E-state index in [-0.39, 0.29) is 0 Å². The molecule has 1 atom stereocenters. The van der Waals surface area contributed by atoms with Gasteiger partial charge in [0, 0.05) is 45.5 Å². The van der Waals surface area contributed by atoms with Crippen LogP contribution in [0, 0.1) is 0 Å². The topological polar surface area (TPSA) is 27.7 Å². The molecule has 2 heterocycles. The van der Waals surface area contributed by atoms with Crippen molar-refractivity contribution < 1.29 is 4.74 Å². The fourth-order valence-corrected chi connectivity index (χ4v) is 3.53. The van der Waals surface area contributed by atoms with Crippen molar-refractivity contribution in [1.29, 1.82) is 0 Å². The van der Waals surface area contributed by atoms with E-state index in [1.807, 2.05) is 0 Å². The zero-order valence-electron chi connectivity index (χ0n) is 14.0. The van der Waals surface area contributed by atoms with Gasteiger partial charge in [-0.25, -0.2) is 0 Å². The van der Waals surface area contributed by atoms with E-state index in [1.54, 1.807) is 0 Å². The molecule has 0 aliphatic carbocycles. The van der Waals surface area contributed by atoms with Crippen molar-refractivity contribution in [2.24, 2.45) is 0 Å². The van der Waals surface area contributed by atoms with Crippen molar-refractivity contribution in [3.8, 4) is 0 Å². The lowest BCUT2D eigenvalue weighted by Gasteiger charge is -2.26. The van der Waals surface area contributed by atoms with Gasteiger partial charge < -0.3 is 19.9 Å². The molecule has 0 unspecified atom stereocenters. The van der Waals surface area contributed by atoms with Gasteiger partial charge in [-0.2, -0.15) is 0 Å². The maximum atomic E-state index is 5.64. The van der Waals surface area contributed by atoms with Crippen LogP contribution in [0.3, 0.4) is 0 Å². The smallest absolute Gasteiger partial charge is 0.169 e. The number of anilines is 1. The first-order valence-electron chi connectivity index (χ1n) is 8.67. The van der Waals surface area contributed by atoms with Gasteiger partial charge in [-0.05, 0) is 49.5 Å². The van der Waals surface area contributed by atoms with Crippen LogP contribution in [-0.2, 0) is 11.3 Å². The maximum absolute atomic E-state index is 5.64. The Balaban J connectivity index is 1.56. The molecule has 0 amide bonds. The van der Waals surface area contributed by atoms with E-state index in [0.29, 0.717) is 6.10 Å². The third-order valence-corrected chi connectivity index (χ3v) is 5.15. The average molecular weight is 334 g/mol. The van der Waals surface area contributed by atoms with Crippen LogP contribution in [0.25, 0.3) is 0 Å². The normalized spacial score (nSPS) is 20.7. The predicted octanol–water partition coefficient (Wildman–Crippen LogP) is 2.77. The van der Waals surface area contributed by atoms with E-state index in [1.165, 1.54) is 37.2 Å². The van der Waals surface area contributed by atoms with Gasteiger partial charge in [-0.1, -0.05) is 18.2 Å². The summed E-state index contributed by atoms with van der Waals surface area (Å²) in [5.41, 5.74) is 2.71. The van der Waals surface area contributed by atoms with Crippen LogP contribution in [0.15, 0.2) is 24.3 Å². The molecule has 23 heavy (non-hydrogen) atoms. The fourth-order valence-electron chi connectivity index (χ4n) is 3.38. The van der Waals surface area contributed by atoms with Crippen LogP contribution in [-0.4, -0.2) is 49.4 Å². The summed E-state index contributed by atoms with van der Waals surface area (Å²) in [6.07, 6.45) is 5.21. The van der Waals surface area contributed by atoms with Crippen LogP contribution < -0.4 is 10.2 Å². The lowest BCUT2D eigenvalue weighted by molar-refractivity contribution is 0.113. The molecule has 0 radical (unpaired) electrons. The highest BCUT2D eigenvalue weighted by Gasteiger charge is 2.18. The van der Waals surface area contributed by atoms with E-state index in [0.717, 1.165) is 37.7 Å². The summed E-state index contributed by atoms with van der Waals surface area (Å²) in [6, 6.07) is 8.70. The molecule has 5 heteroatoms. The third kappa shape index (κ3) is 4.36. The first-order valence-corrected chi connectivity index (χ1v) is 9.08. The van der Waals surface area contributed by atoms with Gasteiger partial charge in [0.05, 0.1) is 6.10 Å². The highest BCUT2D eigenvalue weighted by molar-refractivity contribution is 7.80. The summed E-state index contributed by atoms with van der Waals surface area (Å²) in [6.45, 7) is 4.88. The second-order valence-corrected chi connectivity index (χ2v) is 6.89. The molecule has 0 bridgehead atoms. The van der Waals surface area contributed by atoms with Gasteiger partial charge in [-0.3, -0.25) is 0 Å². The number of para-hydroxylation sites is 1. The van der Waals surface area contributed by atoms with Crippen LogP contribution in [0.4, 0.5) is 5.69 Å². The molecule has 126 valence electrons. The Morgan fingerprint density at radius 2 is 2.09 bits per heavy atom. The molecule has 0 spiro atoms. The molecule has 2 saturated heterocycles. The fraction of sp³-hybridized carbons (Fsp3) is 0.611. The van der Waals surface area contributed by atoms with E-state index in [4.69, 9.17) is 17.0 Å². The molecule has 4 nitrogen and oxygen atoms in total. The van der Waals surface area contributed by atoms with Gasteiger partial charge in [-0.15, -0.1) is 0 Å². The molecule has 1 aromatic rings. The molecule has 0 aromatic heterocycles. The van der Waals surface area contributed by atoms with Crippen LogP contribution in [0.1, 0.15) is 31.2 Å². The second-order valence-electron chi connectivity index (χ2n) is 6.50. The number of ether oxygens (including phenoxy) is 1. The lowest BCUT2D eigenvalue weighted by atomic mass is 10.1. The minimum Gasteiger partial charge on any atom is -0.376 e. The van der Waals surface area contributed by atoms with Gasteiger partial charge in [0.1, 0.15) is 0 Å². The van der Waals surface area contributed by atoms with Crippen LogP contribution in [0.5, 0.6) is 0 Å². The largest absolute Gasteiger partial charge is 0.376 e. The zero-order valence-corrected chi connectivity index (χ0v) is 14.8. The van der Waals surface area contributed by atoms with Crippen molar-refractivity contribution in [3.63, 3.8) is 0 Å². The van der Waals surface area contributed by atoms with Crippen molar-refractivity contribution in [2.75, 3.05) is 38.2 Å². The summed E-state index contributed by atoms with van der Waals surface area (Å²) >= 11 is 5.53. The van der Waals surface area contributed by atoms with Crippen LogP contribution in [0.2, 0.25) is 0 Å². The van der Waals surface area contributed by atoms with Gasteiger partial charge in [0.15, 0.2) is 5.11 Å². The second kappa shape index (κ2) is 7.97. The molecule has 2 fully saturated rings. The quantitative estimate of drug-likeness (QED) is 0.837. The first-order chi connectivity index (χ1) is 11.2. The summed E-state index contributed by atoms with van der Waals surface area (Å²) < 4.78 is 5.64. The Bertz CT molecular complexity index is 525. The van der Waals surface area contributed by atoms with Crippen molar-refractivity contribution in [1.82, 2.24) is 10.2 Å². The molecule has 1 N–H and O–H groups in total. The summed E-state index contributed by atoms with van der Waals surface area (Å²) in [4.78, 5) is 4.62. The third-order valence-electron chi connectivity index (χ3n) is 4.70. The molecule has 0 saturated carbocycles. The first kappa shape index (κ1) is 16.5. The number of benzene rings is 1. The van der Waals surface area contributed by atoms with E-state index in [2.05, 4.69) is 46.4 Å². The lowest BCUT2D eigenvalue weighted by Crippen LogP contribution is -2.40. The highest BCUT2D eigenvalue weighted by atomic mass is 32.1. The highest BCUT2D eigenvalue weighted by Crippen LogP contribution is 2.25. The Labute approximate surface area is 144 Å². The molecule has 2 aliphatic heterocycles. The molecular weight excluding hydrogens is 306 g/mol. The van der Waals surface area contributed by atoms with Crippen molar-refractivity contribution >= 4 is 23.0 Å². The molecular formula is C18H27N3OS. The van der Waals surface area contributed by atoms with E-state index in [9.17, 15) is 0 Å². The maximum Gasteiger partial charge on any atom is 0.169 e. The molecule has 3 rings (SSSR count). The Morgan fingerprint density at radius 1 is 1.30 bits per heavy atom. The number of hydrogen-bond acceptors (Lipinski definition) is 3. The Morgan fingerprint density at radius 3 is 2.83 bits per heavy atom. The summed E-state index contributed by atoms with van der Waals surface area (Å²) in [7, 11) is 2.06. The SMILES string of the molecule is CN(Cc1ccccc1N1CCCC1)C(=S)NC[C@@H]1CCCO1. The number of thiocarbonyl (C=S) groups is 1. The average Bonchev–Trinajstić information content (AvgIpc) is 3.26. The van der Waals surface area contributed by atoms with E-state index >= 15 is 0 Å². The van der Waals surface area contributed by atoms with Gasteiger partial charge >= 0.3 is 0 Å².